The van der Waals surface area contributed by atoms with Crippen LogP contribution in [0.1, 0.15) is 0 Å². The van der Waals surface area contributed by atoms with Crippen LogP contribution in [0.15, 0.2) is 11.9 Å². The molecule has 12 heavy (non-hydrogen) atoms. The van der Waals surface area contributed by atoms with Crippen LogP contribution in [-0.4, -0.2) is 15.0 Å². The zero-order valence-electron chi connectivity index (χ0n) is 5.43. The second kappa shape index (κ2) is 4.40. The largest absolute Gasteiger partial charge is 0.344 e. The number of alkyl halides is 6. The van der Waals surface area contributed by atoms with Crippen molar-refractivity contribution < 1.29 is 13.2 Å². The van der Waals surface area contributed by atoms with Gasteiger partial charge in [0.15, 0.2) is 5.83 Å². The second-order valence-electron chi connectivity index (χ2n) is 1.78. The van der Waals surface area contributed by atoms with Crippen molar-refractivity contribution in [2.45, 2.75) is 9.72 Å². The van der Waals surface area contributed by atoms with Gasteiger partial charge in [-0.2, -0.15) is 8.78 Å². The first-order valence-electron chi connectivity index (χ1n) is 2.60. The molecule has 0 nitrogen and oxygen atoms in total. The van der Waals surface area contributed by atoms with Gasteiger partial charge in [0.2, 0.25) is 0 Å². The van der Waals surface area contributed by atoms with Crippen molar-refractivity contribution >= 4 is 50.7 Å². The summed E-state index contributed by atoms with van der Waals surface area (Å²) >= 11 is 17.3. The Labute approximate surface area is 90.8 Å². The lowest BCUT2D eigenvalue weighted by Gasteiger charge is -2.21. The molecule has 0 saturated heterocycles. The van der Waals surface area contributed by atoms with Crippen LogP contribution in [0.4, 0.5) is 13.2 Å². The van der Waals surface area contributed by atoms with Crippen LogP contribution in [0, 0.1) is 0 Å². The standard InChI is InChI=1S/C5H3BrCl3F3/c6-2-1-3(10)4(11,12)5(7,8)9/h1H,2H2. The summed E-state index contributed by atoms with van der Waals surface area (Å²) in [5.41, 5.74) is 0. The van der Waals surface area contributed by atoms with E-state index in [0.29, 0.717) is 6.08 Å². The van der Waals surface area contributed by atoms with E-state index in [2.05, 4.69) is 15.9 Å². The Morgan fingerprint density at radius 3 is 2.00 bits per heavy atom. The number of hydrogen-bond donors (Lipinski definition) is 0. The fourth-order valence-corrected chi connectivity index (χ4v) is 0.886. The van der Waals surface area contributed by atoms with E-state index in [1.165, 1.54) is 0 Å². The van der Waals surface area contributed by atoms with Gasteiger partial charge in [0.1, 0.15) is 0 Å². The summed E-state index contributed by atoms with van der Waals surface area (Å²) in [5.74, 6) is -5.86. The Morgan fingerprint density at radius 2 is 1.75 bits per heavy atom. The molecule has 0 aliphatic rings. The highest BCUT2D eigenvalue weighted by molar-refractivity contribution is 9.09. The Balaban J connectivity index is 4.73. The quantitative estimate of drug-likeness (QED) is 0.669. The fraction of sp³-hybridized carbons (Fsp3) is 0.600. The van der Waals surface area contributed by atoms with E-state index in [1.54, 1.807) is 0 Å². The van der Waals surface area contributed by atoms with Gasteiger partial charge in [-0.3, -0.25) is 0 Å². The molecule has 0 bridgehead atoms. The van der Waals surface area contributed by atoms with Crippen LogP contribution in [-0.2, 0) is 0 Å². The van der Waals surface area contributed by atoms with Gasteiger partial charge in [0.05, 0.1) is 0 Å². The topological polar surface area (TPSA) is 0 Å². The molecule has 0 aliphatic carbocycles. The van der Waals surface area contributed by atoms with Gasteiger partial charge < -0.3 is 0 Å². The lowest BCUT2D eigenvalue weighted by Crippen LogP contribution is -2.34. The highest BCUT2D eigenvalue weighted by Crippen LogP contribution is 2.46. The SMILES string of the molecule is FC(=CCBr)C(F)(F)C(Cl)(Cl)Cl. The van der Waals surface area contributed by atoms with E-state index >= 15 is 0 Å². The van der Waals surface area contributed by atoms with Crippen LogP contribution in [0.3, 0.4) is 0 Å². The first-order chi connectivity index (χ1) is 5.23. The summed E-state index contributed by atoms with van der Waals surface area (Å²) in [6.07, 6.45) is 0.585. The fourth-order valence-electron chi connectivity index (χ4n) is 0.331. The van der Waals surface area contributed by atoms with Crippen molar-refractivity contribution in [1.29, 1.82) is 0 Å². The highest BCUT2D eigenvalue weighted by Gasteiger charge is 2.54. The molecule has 0 rings (SSSR count). The van der Waals surface area contributed by atoms with E-state index in [4.69, 9.17) is 34.8 Å². The average molecular weight is 306 g/mol. The van der Waals surface area contributed by atoms with Crippen molar-refractivity contribution in [2.24, 2.45) is 0 Å². The molecule has 0 heterocycles. The second-order valence-corrected chi connectivity index (χ2v) is 4.71. The van der Waals surface area contributed by atoms with Gasteiger partial charge >= 0.3 is 5.92 Å². The summed E-state index contributed by atoms with van der Waals surface area (Å²) < 4.78 is 34.8. The van der Waals surface area contributed by atoms with Crippen LogP contribution in [0.25, 0.3) is 0 Å². The molecule has 0 fully saturated rings. The number of hydrogen-bond acceptors (Lipinski definition) is 0. The van der Waals surface area contributed by atoms with Crippen LogP contribution < -0.4 is 0 Å². The molecule has 0 atom stereocenters. The molecule has 0 aliphatic heterocycles. The zero-order valence-corrected chi connectivity index (χ0v) is 9.28. The molecular weight excluding hydrogens is 303 g/mol. The lowest BCUT2D eigenvalue weighted by atomic mass is 10.3. The van der Waals surface area contributed by atoms with E-state index in [0.717, 1.165) is 0 Å². The van der Waals surface area contributed by atoms with Crippen molar-refractivity contribution in [3.8, 4) is 0 Å². The Morgan fingerprint density at radius 1 is 1.33 bits per heavy atom. The summed E-state index contributed by atoms with van der Waals surface area (Å²) in [6.45, 7) is 0. The van der Waals surface area contributed by atoms with E-state index in [-0.39, 0.29) is 5.33 Å². The van der Waals surface area contributed by atoms with Gasteiger partial charge in [-0.1, -0.05) is 50.7 Å². The van der Waals surface area contributed by atoms with Crippen LogP contribution in [0.2, 0.25) is 0 Å². The molecule has 0 aromatic carbocycles. The summed E-state index contributed by atoms with van der Waals surface area (Å²) in [4.78, 5) is 0. The van der Waals surface area contributed by atoms with Gasteiger partial charge in [-0.05, 0) is 6.08 Å². The molecule has 0 unspecified atom stereocenters. The maximum atomic E-state index is 12.7. The summed E-state index contributed by atoms with van der Waals surface area (Å²) in [6, 6.07) is 0. The molecule has 0 amide bonds. The Kier molecular flexibility index (Phi) is 4.72. The maximum Gasteiger partial charge on any atom is 0.344 e. The molecule has 0 saturated carbocycles. The molecule has 0 spiro atoms. The molecule has 0 N–H and O–H groups in total. The minimum atomic E-state index is -4.09. The van der Waals surface area contributed by atoms with E-state index in [1.807, 2.05) is 0 Å². The zero-order chi connectivity index (χ0) is 9.99. The summed E-state index contributed by atoms with van der Waals surface area (Å²) in [5, 5.41) is -0.0742. The maximum absolute atomic E-state index is 12.7. The predicted molar refractivity (Wildman–Crippen MR) is 48.2 cm³/mol. The van der Waals surface area contributed by atoms with E-state index in [9.17, 15) is 13.2 Å². The average Bonchev–Trinajstić information content (AvgIpc) is 1.85. The number of halogens is 7. The monoisotopic (exact) mass is 304 g/mol. The van der Waals surface area contributed by atoms with Gasteiger partial charge in [-0.25, -0.2) is 4.39 Å². The third kappa shape index (κ3) is 2.98. The predicted octanol–water partition coefficient (Wildman–Crippen LogP) is 4.24. The molecule has 0 radical (unpaired) electrons. The van der Waals surface area contributed by atoms with Crippen molar-refractivity contribution in [2.75, 3.05) is 5.33 Å². The van der Waals surface area contributed by atoms with Crippen LogP contribution in [0.5, 0.6) is 0 Å². The van der Waals surface area contributed by atoms with E-state index < -0.39 is 15.5 Å². The molecule has 72 valence electrons. The minimum absolute atomic E-state index is 0.0742. The normalized spacial score (nSPS) is 15.1. The van der Waals surface area contributed by atoms with Crippen molar-refractivity contribution in [1.82, 2.24) is 0 Å². The smallest absolute Gasteiger partial charge is 0.205 e. The van der Waals surface area contributed by atoms with Crippen molar-refractivity contribution in [3.05, 3.63) is 11.9 Å². The van der Waals surface area contributed by atoms with Crippen LogP contribution >= 0.6 is 50.7 Å². The van der Waals surface area contributed by atoms with Gasteiger partial charge in [0.25, 0.3) is 3.79 Å². The molecule has 0 aromatic heterocycles. The van der Waals surface area contributed by atoms with Crippen molar-refractivity contribution in [3.63, 3.8) is 0 Å². The molecule has 0 aromatic rings. The first kappa shape index (κ1) is 12.9. The third-order valence-electron chi connectivity index (χ3n) is 0.912. The lowest BCUT2D eigenvalue weighted by molar-refractivity contribution is 0.0222. The Hall–Kier alpha value is 0.880. The molecule has 7 heteroatoms. The number of rotatable bonds is 2. The van der Waals surface area contributed by atoms with Gasteiger partial charge in [-0.15, -0.1) is 0 Å². The highest BCUT2D eigenvalue weighted by atomic mass is 79.9. The Bertz CT molecular complexity index is 187. The third-order valence-corrected chi connectivity index (χ3v) is 1.95. The summed E-state index contributed by atoms with van der Waals surface area (Å²) in [7, 11) is 0. The van der Waals surface area contributed by atoms with Gasteiger partial charge in [0, 0.05) is 5.33 Å². The number of allylic oxidation sites excluding steroid dienone is 2. The first-order valence-corrected chi connectivity index (χ1v) is 4.85. The molecular formula is C5H3BrCl3F3. The minimum Gasteiger partial charge on any atom is -0.205 e.